The molecule has 21 heavy (non-hydrogen) atoms. The lowest BCUT2D eigenvalue weighted by Crippen LogP contribution is -2.24. The van der Waals surface area contributed by atoms with Crippen LogP contribution in [0.4, 0.5) is 5.69 Å². The molecule has 0 fully saturated rings. The molecule has 0 radical (unpaired) electrons. The number of benzene rings is 1. The van der Waals surface area contributed by atoms with Crippen molar-refractivity contribution in [2.45, 2.75) is 18.4 Å². The Labute approximate surface area is 130 Å². The summed E-state index contributed by atoms with van der Waals surface area (Å²) in [5.41, 5.74) is 6.52. The zero-order valence-corrected chi connectivity index (χ0v) is 13.8. The van der Waals surface area contributed by atoms with Gasteiger partial charge in [0.25, 0.3) is 0 Å². The molecule has 0 bridgehead atoms. The van der Waals surface area contributed by atoms with E-state index in [2.05, 4.69) is 25.8 Å². The third-order valence-electron chi connectivity index (χ3n) is 2.69. The number of ether oxygens (including phenoxy) is 1. The van der Waals surface area contributed by atoms with Crippen LogP contribution in [0.2, 0.25) is 0 Å². The topological polar surface area (TPSA) is 107 Å². The number of hydrogen-bond acceptors (Lipinski definition) is 6. The third kappa shape index (κ3) is 3.55. The van der Waals surface area contributed by atoms with Gasteiger partial charge in [0.1, 0.15) is 16.4 Å². The molecule has 0 amide bonds. The monoisotopic (exact) mass is 375 g/mol. The second-order valence-electron chi connectivity index (χ2n) is 4.28. The summed E-state index contributed by atoms with van der Waals surface area (Å²) < 4.78 is 37.6. The van der Waals surface area contributed by atoms with E-state index in [-0.39, 0.29) is 17.2 Å². The summed E-state index contributed by atoms with van der Waals surface area (Å²) in [5.74, 6) is 0.801. The first-order chi connectivity index (χ1) is 9.83. The van der Waals surface area contributed by atoms with E-state index >= 15 is 0 Å². The first-order valence-electron chi connectivity index (χ1n) is 5.88. The molecule has 0 saturated carbocycles. The highest BCUT2D eigenvalue weighted by Gasteiger charge is 2.21. The molecule has 3 N–H and O–H groups in total. The van der Waals surface area contributed by atoms with Gasteiger partial charge in [0.15, 0.2) is 0 Å². The minimum absolute atomic E-state index is 0.0127. The van der Waals surface area contributed by atoms with Gasteiger partial charge in [-0.25, -0.2) is 13.1 Å². The smallest absolute Gasteiger partial charge is 0.244 e. The Balaban J connectivity index is 2.28. The van der Waals surface area contributed by atoms with Crippen molar-refractivity contribution >= 4 is 31.6 Å². The van der Waals surface area contributed by atoms with Crippen molar-refractivity contribution in [2.24, 2.45) is 0 Å². The number of hydrogen-bond donors (Lipinski definition) is 2. The van der Waals surface area contributed by atoms with E-state index in [0.29, 0.717) is 21.6 Å². The Hall–Kier alpha value is -1.58. The molecule has 2 rings (SSSR count). The molecule has 1 aromatic carbocycles. The first-order valence-corrected chi connectivity index (χ1v) is 8.16. The van der Waals surface area contributed by atoms with Crippen LogP contribution in [-0.2, 0) is 16.6 Å². The molecule has 2 aromatic rings. The number of anilines is 1. The maximum Gasteiger partial charge on any atom is 0.244 e. The summed E-state index contributed by atoms with van der Waals surface area (Å²) in [5, 5.41) is 3.72. The van der Waals surface area contributed by atoms with Crippen LogP contribution in [0, 0.1) is 6.92 Å². The van der Waals surface area contributed by atoms with Gasteiger partial charge < -0.3 is 15.0 Å². The number of halogens is 1. The van der Waals surface area contributed by atoms with Crippen LogP contribution in [0.3, 0.4) is 0 Å². The number of aryl methyl sites for hydroxylation is 1. The van der Waals surface area contributed by atoms with Gasteiger partial charge in [-0.05, 0) is 35.0 Å². The van der Waals surface area contributed by atoms with Crippen molar-refractivity contribution in [1.29, 1.82) is 0 Å². The van der Waals surface area contributed by atoms with Crippen molar-refractivity contribution in [3.8, 4) is 5.75 Å². The van der Waals surface area contributed by atoms with Gasteiger partial charge in [-0.1, -0.05) is 5.16 Å². The van der Waals surface area contributed by atoms with Crippen LogP contribution in [0.5, 0.6) is 5.75 Å². The van der Waals surface area contributed by atoms with Crippen LogP contribution in [0.15, 0.2) is 32.1 Å². The van der Waals surface area contributed by atoms with Crippen LogP contribution < -0.4 is 15.2 Å². The van der Waals surface area contributed by atoms with E-state index in [4.69, 9.17) is 15.0 Å². The Morgan fingerprint density at radius 2 is 2.14 bits per heavy atom. The highest BCUT2D eigenvalue weighted by Crippen LogP contribution is 2.32. The zero-order chi connectivity index (χ0) is 15.6. The number of nitrogens with zero attached hydrogens (tertiary/aromatic N) is 1. The average Bonchev–Trinajstić information content (AvgIpc) is 2.85. The highest BCUT2D eigenvalue weighted by molar-refractivity contribution is 9.10. The second-order valence-corrected chi connectivity index (χ2v) is 6.87. The third-order valence-corrected chi connectivity index (χ3v) is 4.80. The molecule has 114 valence electrons. The van der Waals surface area contributed by atoms with Gasteiger partial charge in [0.05, 0.1) is 19.3 Å². The average molecular weight is 376 g/mol. The molecule has 7 nitrogen and oxygen atoms in total. The molecule has 0 spiro atoms. The van der Waals surface area contributed by atoms with E-state index < -0.39 is 10.0 Å². The lowest BCUT2D eigenvalue weighted by Gasteiger charge is -2.12. The second kappa shape index (κ2) is 6.04. The minimum atomic E-state index is -3.79. The number of nitrogens with one attached hydrogen (secondary N) is 1. The van der Waals surface area contributed by atoms with E-state index in [9.17, 15) is 8.42 Å². The van der Waals surface area contributed by atoms with Crippen LogP contribution in [0.25, 0.3) is 0 Å². The number of nitrogens with two attached hydrogens (primary N) is 1. The predicted octanol–water partition coefficient (Wildman–Crippen LogP) is 1.81. The summed E-state index contributed by atoms with van der Waals surface area (Å²) in [7, 11) is -2.40. The normalized spacial score (nSPS) is 11.6. The van der Waals surface area contributed by atoms with Gasteiger partial charge in [0, 0.05) is 16.2 Å². The SMILES string of the molecule is COc1cc(Br)c(N)cc1S(=O)(=O)NCc1cc(C)on1. The fourth-order valence-electron chi connectivity index (χ4n) is 1.67. The summed E-state index contributed by atoms with van der Waals surface area (Å²) in [6, 6.07) is 4.49. The molecule has 0 unspecified atom stereocenters. The molecule has 0 aliphatic carbocycles. The van der Waals surface area contributed by atoms with E-state index in [1.807, 2.05) is 0 Å². The molecule has 0 aliphatic heterocycles. The van der Waals surface area contributed by atoms with Crippen molar-refractivity contribution in [2.75, 3.05) is 12.8 Å². The van der Waals surface area contributed by atoms with Gasteiger partial charge in [-0.2, -0.15) is 0 Å². The molecule has 0 atom stereocenters. The van der Waals surface area contributed by atoms with Crippen LogP contribution in [-0.4, -0.2) is 20.7 Å². The van der Waals surface area contributed by atoms with Gasteiger partial charge in [-0.3, -0.25) is 0 Å². The van der Waals surface area contributed by atoms with Crippen LogP contribution in [0.1, 0.15) is 11.5 Å². The molecule has 1 heterocycles. The summed E-state index contributed by atoms with van der Waals surface area (Å²) in [6.45, 7) is 1.74. The maximum atomic E-state index is 12.3. The van der Waals surface area contributed by atoms with Gasteiger partial charge in [0.2, 0.25) is 10.0 Å². The number of methoxy groups -OCH3 is 1. The van der Waals surface area contributed by atoms with E-state index in [0.717, 1.165) is 0 Å². The minimum Gasteiger partial charge on any atom is -0.495 e. The Kier molecular flexibility index (Phi) is 4.55. The van der Waals surface area contributed by atoms with E-state index in [1.54, 1.807) is 13.0 Å². The van der Waals surface area contributed by atoms with Crippen molar-refractivity contribution in [1.82, 2.24) is 9.88 Å². The molecule has 1 aromatic heterocycles. The summed E-state index contributed by atoms with van der Waals surface area (Å²) >= 11 is 3.22. The number of sulfonamides is 1. The van der Waals surface area contributed by atoms with Crippen molar-refractivity contribution in [3.05, 3.63) is 34.1 Å². The van der Waals surface area contributed by atoms with Gasteiger partial charge in [-0.15, -0.1) is 0 Å². The largest absolute Gasteiger partial charge is 0.495 e. The predicted molar refractivity (Wildman–Crippen MR) is 80.4 cm³/mol. The van der Waals surface area contributed by atoms with Crippen molar-refractivity contribution < 1.29 is 17.7 Å². The van der Waals surface area contributed by atoms with Gasteiger partial charge >= 0.3 is 0 Å². The zero-order valence-electron chi connectivity index (χ0n) is 11.4. The number of rotatable bonds is 5. The molecule has 0 aliphatic rings. The fourth-order valence-corrected chi connectivity index (χ4v) is 3.17. The Bertz CT molecular complexity index is 758. The molecule has 0 saturated heterocycles. The quantitative estimate of drug-likeness (QED) is 0.771. The van der Waals surface area contributed by atoms with Crippen LogP contribution >= 0.6 is 15.9 Å². The molecular formula is C12H14BrN3O4S. The number of aromatic nitrogens is 1. The maximum absolute atomic E-state index is 12.3. The highest BCUT2D eigenvalue weighted by atomic mass is 79.9. The first kappa shape index (κ1) is 15.8. The van der Waals surface area contributed by atoms with Crippen molar-refractivity contribution in [3.63, 3.8) is 0 Å². The Morgan fingerprint density at radius 1 is 1.43 bits per heavy atom. The van der Waals surface area contributed by atoms with E-state index in [1.165, 1.54) is 19.2 Å². The lowest BCUT2D eigenvalue weighted by atomic mass is 10.3. The summed E-state index contributed by atoms with van der Waals surface area (Å²) in [4.78, 5) is -0.0362. The Morgan fingerprint density at radius 3 is 2.71 bits per heavy atom. The lowest BCUT2D eigenvalue weighted by molar-refractivity contribution is 0.389. The summed E-state index contributed by atoms with van der Waals surface area (Å²) in [6.07, 6.45) is 0. The molecule has 9 heteroatoms. The number of nitrogen functional groups attached to an aromatic ring is 1. The standard InChI is InChI=1S/C12H14BrN3O4S/c1-7-3-8(16-20-7)6-15-21(17,18)12-5-10(14)9(13)4-11(12)19-2/h3-5,15H,6,14H2,1-2H3. The molecular weight excluding hydrogens is 362 g/mol. The fraction of sp³-hybridized carbons (Fsp3) is 0.250.